The molecule has 0 saturated carbocycles. The number of nitrogens with zero attached hydrogens (tertiary/aromatic N) is 1. The van der Waals surface area contributed by atoms with Gasteiger partial charge in [0.2, 0.25) is 0 Å². The van der Waals surface area contributed by atoms with Crippen LogP contribution < -0.4 is 11.0 Å². The van der Waals surface area contributed by atoms with Crippen LogP contribution in [-0.2, 0) is 15.9 Å². The Labute approximate surface area is 101 Å². The van der Waals surface area contributed by atoms with Crippen molar-refractivity contribution < 1.29 is 9.31 Å². The molecule has 0 radical (unpaired) electrons. The Bertz CT molecular complexity index is 459. The highest BCUT2D eigenvalue weighted by atomic mass is 16.7. The predicted octanol–water partition coefficient (Wildman–Crippen LogP) is 0.495. The first-order valence-corrected chi connectivity index (χ1v) is 5.92. The van der Waals surface area contributed by atoms with E-state index in [-0.39, 0.29) is 5.56 Å². The Kier molecular flexibility index (Phi) is 2.74. The summed E-state index contributed by atoms with van der Waals surface area (Å²) < 4.78 is 13.2. The van der Waals surface area contributed by atoms with Gasteiger partial charge in [0.25, 0.3) is 5.56 Å². The second-order valence-corrected chi connectivity index (χ2v) is 5.37. The Morgan fingerprint density at radius 2 is 1.82 bits per heavy atom. The predicted molar refractivity (Wildman–Crippen MR) is 66.4 cm³/mol. The molecule has 1 aromatic heterocycles. The molecule has 0 atom stereocenters. The molecular formula is C11H19BN2O3. The van der Waals surface area contributed by atoms with E-state index in [0.717, 1.165) is 0 Å². The third-order valence-corrected chi connectivity index (χ3v) is 3.69. The van der Waals surface area contributed by atoms with Crippen LogP contribution in [0.3, 0.4) is 0 Å². The molecule has 5 nitrogen and oxygen atoms in total. The molecule has 0 amide bonds. The quantitative estimate of drug-likeness (QED) is 0.763. The fourth-order valence-corrected chi connectivity index (χ4v) is 1.80. The molecule has 2 heterocycles. The molecule has 0 unspecified atom stereocenters. The van der Waals surface area contributed by atoms with E-state index in [1.807, 2.05) is 34.6 Å². The van der Waals surface area contributed by atoms with Gasteiger partial charge in [-0.25, -0.2) is 0 Å². The van der Waals surface area contributed by atoms with Gasteiger partial charge in [-0.05, 0) is 34.6 Å². The van der Waals surface area contributed by atoms with Gasteiger partial charge >= 0.3 is 7.12 Å². The summed E-state index contributed by atoms with van der Waals surface area (Å²) in [5.41, 5.74) is -0.381. The number of H-pyrrole nitrogens is 1. The maximum atomic E-state index is 12.0. The largest absolute Gasteiger partial charge is 0.502 e. The summed E-state index contributed by atoms with van der Waals surface area (Å²) in [5, 5.41) is 2.90. The second kappa shape index (κ2) is 3.75. The molecule has 1 saturated heterocycles. The van der Waals surface area contributed by atoms with Crippen LogP contribution in [0.15, 0.2) is 11.0 Å². The highest BCUT2D eigenvalue weighted by Crippen LogP contribution is 2.36. The maximum Gasteiger partial charge on any atom is 0.502 e. The second-order valence-electron chi connectivity index (χ2n) is 5.37. The third kappa shape index (κ3) is 1.85. The van der Waals surface area contributed by atoms with E-state index in [9.17, 15) is 4.79 Å². The van der Waals surface area contributed by atoms with Crippen LogP contribution in [0, 0.1) is 0 Å². The van der Waals surface area contributed by atoms with Crippen molar-refractivity contribution in [2.75, 3.05) is 0 Å². The van der Waals surface area contributed by atoms with Crippen LogP contribution in [0.5, 0.6) is 0 Å². The lowest BCUT2D eigenvalue weighted by atomic mass is 9.81. The van der Waals surface area contributed by atoms with E-state index in [1.165, 1.54) is 4.68 Å². The lowest BCUT2D eigenvalue weighted by Crippen LogP contribution is -2.43. The summed E-state index contributed by atoms with van der Waals surface area (Å²) >= 11 is 0. The van der Waals surface area contributed by atoms with Crippen LogP contribution in [0.4, 0.5) is 0 Å². The average Bonchev–Trinajstić information content (AvgIpc) is 2.65. The lowest BCUT2D eigenvalue weighted by Gasteiger charge is -2.32. The van der Waals surface area contributed by atoms with Crippen LogP contribution in [0.25, 0.3) is 0 Å². The molecule has 94 valence electrons. The molecule has 1 aliphatic heterocycles. The fraction of sp³-hybridized carbons (Fsp3) is 0.727. The minimum Gasteiger partial charge on any atom is -0.399 e. The van der Waals surface area contributed by atoms with Crippen molar-refractivity contribution in [3.8, 4) is 0 Å². The zero-order chi connectivity index (χ0) is 12.8. The van der Waals surface area contributed by atoms with Crippen LogP contribution >= 0.6 is 0 Å². The SMILES string of the molecule is CCn1[nH]cc(B2OC(C)(C)C(C)(C)O2)c1=O. The van der Waals surface area contributed by atoms with Crippen LogP contribution in [0.1, 0.15) is 34.6 Å². The topological polar surface area (TPSA) is 56.2 Å². The summed E-state index contributed by atoms with van der Waals surface area (Å²) in [5.74, 6) is 0. The maximum absolute atomic E-state index is 12.0. The highest BCUT2D eigenvalue weighted by molar-refractivity contribution is 6.61. The summed E-state index contributed by atoms with van der Waals surface area (Å²) in [6.45, 7) is 10.4. The number of aromatic amines is 1. The van der Waals surface area contributed by atoms with Gasteiger partial charge in [0.05, 0.1) is 16.7 Å². The Morgan fingerprint density at radius 3 is 2.24 bits per heavy atom. The summed E-state index contributed by atoms with van der Waals surface area (Å²) in [6, 6.07) is 0. The van der Waals surface area contributed by atoms with Crippen molar-refractivity contribution in [3.63, 3.8) is 0 Å². The molecule has 0 bridgehead atoms. The number of hydrogen-bond acceptors (Lipinski definition) is 3. The minimum atomic E-state index is -0.587. The zero-order valence-electron chi connectivity index (χ0n) is 11.0. The molecular weight excluding hydrogens is 219 g/mol. The Morgan fingerprint density at radius 1 is 1.29 bits per heavy atom. The van der Waals surface area contributed by atoms with Gasteiger partial charge in [0.1, 0.15) is 0 Å². The number of hydrogen-bond donors (Lipinski definition) is 1. The van der Waals surface area contributed by atoms with E-state index in [4.69, 9.17) is 9.31 Å². The van der Waals surface area contributed by atoms with Crippen molar-refractivity contribution in [3.05, 3.63) is 16.6 Å². The molecule has 0 spiro atoms. The Hall–Kier alpha value is -1.01. The summed E-state index contributed by atoms with van der Waals surface area (Å²) in [7, 11) is -0.587. The van der Waals surface area contributed by atoms with E-state index in [0.29, 0.717) is 12.0 Å². The van der Waals surface area contributed by atoms with Crippen molar-refractivity contribution in [1.82, 2.24) is 9.78 Å². The summed E-state index contributed by atoms with van der Waals surface area (Å²) in [6.07, 6.45) is 1.66. The molecule has 1 aliphatic rings. The molecule has 1 aromatic rings. The van der Waals surface area contributed by atoms with E-state index >= 15 is 0 Å². The van der Waals surface area contributed by atoms with Gasteiger partial charge in [0.15, 0.2) is 0 Å². The van der Waals surface area contributed by atoms with Crippen molar-refractivity contribution in [2.24, 2.45) is 0 Å². The first-order chi connectivity index (χ1) is 7.78. The number of rotatable bonds is 2. The van der Waals surface area contributed by atoms with E-state index in [2.05, 4.69) is 5.10 Å². The van der Waals surface area contributed by atoms with Gasteiger partial charge < -0.3 is 14.4 Å². The van der Waals surface area contributed by atoms with E-state index < -0.39 is 18.3 Å². The van der Waals surface area contributed by atoms with Crippen molar-refractivity contribution in [1.29, 1.82) is 0 Å². The first kappa shape index (κ1) is 12.5. The lowest BCUT2D eigenvalue weighted by molar-refractivity contribution is 0.00578. The van der Waals surface area contributed by atoms with Crippen LogP contribution in [0.2, 0.25) is 0 Å². The number of aryl methyl sites for hydroxylation is 1. The highest BCUT2D eigenvalue weighted by Gasteiger charge is 2.52. The smallest absolute Gasteiger partial charge is 0.399 e. The fourth-order valence-electron chi connectivity index (χ4n) is 1.80. The van der Waals surface area contributed by atoms with Gasteiger partial charge in [-0.15, -0.1) is 0 Å². The molecule has 0 aliphatic carbocycles. The molecule has 17 heavy (non-hydrogen) atoms. The number of nitrogens with one attached hydrogen (secondary N) is 1. The van der Waals surface area contributed by atoms with Crippen molar-refractivity contribution >= 4 is 12.6 Å². The molecule has 6 heteroatoms. The Balaban J connectivity index is 2.32. The summed E-state index contributed by atoms with van der Waals surface area (Å²) in [4.78, 5) is 12.0. The average molecular weight is 238 g/mol. The van der Waals surface area contributed by atoms with Gasteiger partial charge in [-0.3, -0.25) is 9.48 Å². The van der Waals surface area contributed by atoms with Crippen LogP contribution in [-0.4, -0.2) is 28.1 Å². The zero-order valence-corrected chi connectivity index (χ0v) is 11.0. The monoisotopic (exact) mass is 238 g/mol. The third-order valence-electron chi connectivity index (χ3n) is 3.69. The van der Waals surface area contributed by atoms with E-state index in [1.54, 1.807) is 6.20 Å². The minimum absolute atomic E-state index is 0.0778. The molecule has 0 aromatic carbocycles. The normalized spacial score (nSPS) is 22.1. The number of aromatic nitrogens is 2. The van der Waals surface area contributed by atoms with Gasteiger partial charge in [0, 0.05) is 12.7 Å². The molecule has 1 N–H and O–H groups in total. The van der Waals surface area contributed by atoms with Gasteiger partial charge in [-0.1, -0.05) is 0 Å². The van der Waals surface area contributed by atoms with Gasteiger partial charge in [-0.2, -0.15) is 0 Å². The molecule has 2 rings (SSSR count). The molecule has 1 fully saturated rings. The standard InChI is InChI=1S/C11H19BN2O3/c1-6-14-9(15)8(7-13-14)12-16-10(2,3)11(4,5)17-12/h7,13H,6H2,1-5H3. The van der Waals surface area contributed by atoms with Crippen molar-refractivity contribution in [2.45, 2.75) is 52.4 Å². The first-order valence-electron chi connectivity index (χ1n) is 5.92.